The first-order valence-corrected chi connectivity index (χ1v) is 8.29. The van der Waals surface area contributed by atoms with E-state index in [9.17, 15) is 8.78 Å². The van der Waals surface area contributed by atoms with Crippen molar-refractivity contribution in [3.8, 4) is 0 Å². The van der Waals surface area contributed by atoms with E-state index >= 15 is 0 Å². The molecule has 21 heavy (non-hydrogen) atoms. The van der Waals surface area contributed by atoms with Gasteiger partial charge in [-0.3, -0.25) is 0 Å². The van der Waals surface area contributed by atoms with E-state index in [1.807, 2.05) is 0 Å². The minimum Gasteiger partial charge on any atom is -0.313 e. The van der Waals surface area contributed by atoms with Crippen molar-refractivity contribution in [1.29, 1.82) is 0 Å². The molecule has 0 spiro atoms. The highest BCUT2D eigenvalue weighted by molar-refractivity contribution is 5.19. The summed E-state index contributed by atoms with van der Waals surface area (Å²) in [5.74, 6) is -0.412. The Morgan fingerprint density at radius 2 is 1.67 bits per heavy atom. The molecular formula is C18H29F2N. The molecule has 0 aliphatic heterocycles. The zero-order valence-corrected chi connectivity index (χ0v) is 13.6. The maximum atomic E-state index is 13.4. The fourth-order valence-electron chi connectivity index (χ4n) is 2.87. The van der Waals surface area contributed by atoms with Crippen LogP contribution in [0.3, 0.4) is 0 Å². The Morgan fingerprint density at radius 1 is 1.00 bits per heavy atom. The first-order valence-electron chi connectivity index (χ1n) is 8.29. The Hall–Kier alpha value is -0.960. The van der Waals surface area contributed by atoms with Crippen molar-refractivity contribution >= 4 is 0 Å². The number of halogens is 2. The number of benzene rings is 1. The van der Waals surface area contributed by atoms with Gasteiger partial charge in [0.05, 0.1) is 0 Å². The lowest BCUT2D eigenvalue weighted by Crippen LogP contribution is -2.38. The molecule has 120 valence electrons. The third kappa shape index (κ3) is 6.56. The van der Waals surface area contributed by atoms with Crippen LogP contribution in [0.15, 0.2) is 18.2 Å². The van der Waals surface area contributed by atoms with E-state index in [1.165, 1.54) is 31.4 Å². The molecule has 1 aromatic carbocycles. The first kappa shape index (κ1) is 18.1. The zero-order chi connectivity index (χ0) is 15.7. The van der Waals surface area contributed by atoms with E-state index in [2.05, 4.69) is 26.1 Å². The fourth-order valence-corrected chi connectivity index (χ4v) is 2.87. The summed E-state index contributed by atoms with van der Waals surface area (Å²) in [6.07, 6.45) is 6.42. The topological polar surface area (TPSA) is 12.0 Å². The van der Waals surface area contributed by atoms with E-state index in [0.29, 0.717) is 18.4 Å². The average Bonchev–Trinajstić information content (AvgIpc) is 2.44. The second kappa shape index (κ2) is 9.88. The van der Waals surface area contributed by atoms with Gasteiger partial charge in [-0.15, -0.1) is 0 Å². The maximum Gasteiger partial charge on any atom is 0.126 e. The minimum atomic E-state index is -0.485. The van der Waals surface area contributed by atoms with Crippen molar-refractivity contribution < 1.29 is 8.78 Å². The Kier molecular flexibility index (Phi) is 8.51. The van der Waals surface area contributed by atoms with Gasteiger partial charge in [0.2, 0.25) is 0 Å². The van der Waals surface area contributed by atoms with Gasteiger partial charge in [0.1, 0.15) is 11.6 Å². The predicted molar refractivity (Wildman–Crippen MR) is 85.4 cm³/mol. The second-order valence-electron chi connectivity index (χ2n) is 5.85. The van der Waals surface area contributed by atoms with E-state index in [-0.39, 0.29) is 0 Å². The largest absolute Gasteiger partial charge is 0.313 e. The van der Waals surface area contributed by atoms with Gasteiger partial charge >= 0.3 is 0 Å². The van der Waals surface area contributed by atoms with Crippen LogP contribution in [-0.2, 0) is 6.42 Å². The summed E-state index contributed by atoms with van der Waals surface area (Å²) in [5, 5.41) is 3.57. The summed E-state index contributed by atoms with van der Waals surface area (Å²) < 4.78 is 26.7. The van der Waals surface area contributed by atoms with Gasteiger partial charge in [-0.25, -0.2) is 8.78 Å². The Bertz CT molecular complexity index is 386. The van der Waals surface area contributed by atoms with Gasteiger partial charge in [-0.1, -0.05) is 40.0 Å². The van der Waals surface area contributed by atoms with Crippen molar-refractivity contribution in [2.24, 2.45) is 5.92 Å². The van der Waals surface area contributed by atoms with E-state index in [4.69, 9.17) is 0 Å². The molecule has 0 aliphatic rings. The number of rotatable bonds is 10. The molecule has 0 aliphatic carbocycles. The molecule has 0 saturated heterocycles. The number of nitrogens with one attached hydrogen (secondary N) is 1. The van der Waals surface area contributed by atoms with E-state index in [0.717, 1.165) is 31.0 Å². The molecule has 3 heteroatoms. The molecule has 0 fully saturated rings. The lowest BCUT2D eigenvalue weighted by Gasteiger charge is -2.28. The summed E-state index contributed by atoms with van der Waals surface area (Å²) in [7, 11) is 0. The molecule has 0 aromatic heterocycles. The molecule has 1 aromatic rings. The van der Waals surface area contributed by atoms with Crippen LogP contribution in [0, 0.1) is 17.6 Å². The fraction of sp³-hybridized carbons (Fsp3) is 0.667. The summed E-state index contributed by atoms with van der Waals surface area (Å²) in [5.41, 5.74) is 0.746. The van der Waals surface area contributed by atoms with E-state index < -0.39 is 11.6 Å². The molecule has 0 heterocycles. The van der Waals surface area contributed by atoms with Crippen LogP contribution in [-0.4, -0.2) is 12.6 Å². The van der Waals surface area contributed by atoms with Crippen LogP contribution in [0.1, 0.15) is 58.4 Å². The molecule has 0 bridgehead atoms. The molecule has 1 nitrogen and oxygen atoms in total. The van der Waals surface area contributed by atoms with Gasteiger partial charge in [-0.05, 0) is 49.4 Å². The SMILES string of the molecule is CCCCC(CC)C(Cc1cc(F)cc(F)c1)NCCC. The Balaban J connectivity index is 2.79. The zero-order valence-electron chi connectivity index (χ0n) is 13.6. The van der Waals surface area contributed by atoms with Crippen LogP contribution in [0.25, 0.3) is 0 Å². The lowest BCUT2D eigenvalue weighted by atomic mass is 9.87. The van der Waals surface area contributed by atoms with Gasteiger partial charge in [0, 0.05) is 12.1 Å². The van der Waals surface area contributed by atoms with Crippen molar-refractivity contribution in [1.82, 2.24) is 5.32 Å². The van der Waals surface area contributed by atoms with Crippen molar-refractivity contribution in [3.05, 3.63) is 35.4 Å². The predicted octanol–water partition coefficient (Wildman–Crippen LogP) is 5.09. The van der Waals surface area contributed by atoms with Crippen molar-refractivity contribution in [3.63, 3.8) is 0 Å². The maximum absolute atomic E-state index is 13.4. The average molecular weight is 297 g/mol. The first-order chi connectivity index (χ1) is 10.1. The quantitative estimate of drug-likeness (QED) is 0.634. The Morgan fingerprint density at radius 3 is 2.19 bits per heavy atom. The highest BCUT2D eigenvalue weighted by Gasteiger charge is 2.20. The molecule has 2 atom stereocenters. The summed E-state index contributed by atoms with van der Waals surface area (Å²) >= 11 is 0. The molecule has 0 saturated carbocycles. The normalized spacial score (nSPS) is 14.1. The minimum absolute atomic E-state index is 0.294. The molecule has 1 N–H and O–H groups in total. The van der Waals surface area contributed by atoms with Crippen molar-refractivity contribution in [2.45, 2.75) is 65.3 Å². The number of hydrogen-bond donors (Lipinski definition) is 1. The molecule has 0 amide bonds. The molecular weight excluding hydrogens is 268 g/mol. The monoisotopic (exact) mass is 297 g/mol. The second-order valence-corrected chi connectivity index (χ2v) is 5.85. The molecule has 0 radical (unpaired) electrons. The van der Waals surface area contributed by atoms with Crippen LogP contribution in [0.2, 0.25) is 0 Å². The van der Waals surface area contributed by atoms with Gasteiger partial charge < -0.3 is 5.32 Å². The van der Waals surface area contributed by atoms with Gasteiger partial charge in [-0.2, -0.15) is 0 Å². The lowest BCUT2D eigenvalue weighted by molar-refractivity contribution is 0.315. The number of unbranched alkanes of at least 4 members (excludes halogenated alkanes) is 1. The van der Waals surface area contributed by atoms with E-state index in [1.54, 1.807) is 0 Å². The van der Waals surface area contributed by atoms with Crippen LogP contribution in [0.4, 0.5) is 8.78 Å². The standard InChI is InChI=1S/C18H29F2N/c1-4-7-8-15(6-3)18(21-9-5-2)12-14-10-16(19)13-17(20)11-14/h10-11,13,15,18,21H,4-9,12H2,1-3H3. The molecule has 2 unspecified atom stereocenters. The summed E-state index contributed by atoms with van der Waals surface area (Å²) in [6.45, 7) is 7.49. The third-order valence-electron chi connectivity index (χ3n) is 4.06. The highest BCUT2D eigenvalue weighted by Crippen LogP contribution is 2.21. The molecule has 1 rings (SSSR count). The van der Waals surface area contributed by atoms with Gasteiger partial charge in [0.25, 0.3) is 0 Å². The van der Waals surface area contributed by atoms with Gasteiger partial charge in [0.15, 0.2) is 0 Å². The Labute approximate surface area is 128 Å². The smallest absolute Gasteiger partial charge is 0.126 e. The summed E-state index contributed by atoms with van der Waals surface area (Å²) in [4.78, 5) is 0. The van der Waals surface area contributed by atoms with Crippen LogP contribution < -0.4 is 5.32 Å². The third-order valence-corrected chi connectivity index (χ3v) is 4.06. The van der Waals surface area contributed by atoms with Crippen molar-refractivity contribution in [2.75, 3.05) is 6.54 Å². The highest BCUT2D eigenvalue weighted by atomic mass is 19.1. The van der Waals surface area contributed by atoms with Crippen LogP contribution in [0.5, 0.6) is 0 Å². The number of hydrogen-bond acceptors (Lipinski definition) is 1. The van der Waals surface area contributed by atoms with Crippen LogP contribution >= 0.6 is 0 Å². The summed E-state index contributed by atoms with van der Waals surface area (Å²) in [6, 6.07) is 4.14.